The van der Waals surface area contributed by atoms with E-state index in [9.17, 15) is 9.59 Å². The number of hydrogen-bond donors (Lipinski definition) is 1. The summed E-state index contributed by atoms with van der Waals surface area (Å²) in [6.45, 7) is 0.321. The van der Waals surface area contributed by atoms with Crippen LogP contribution < -0.4 is 5.32 Å². The number of pyridine rings is 1. The Morgan fingerprint density at radius 3 is 3.06 bits per heavy atom. The molecule has 0 radical (unpaired) electrons. The molecule has 1 saturated heterocycles. The minimum Gasteiger partial charge on any atom is -0.373 e. The van der Waals surface area contributed by atoms with Crippen molar-refractivity contribution in [2.45, 2.75) is 13.0 Å². The summed E-state index contributed by atoms with van der Waals surface area (Å²) in [6.07, 6.45) is 2.09. The number of nitrogens with zero attached hydrogens (tertiary/aromatic N) is 2. The molecule has 1 N–H and O–H groups in total. The molecule has 90 valence electrons. The van der Waals surface area contributed by atoms with Crippen LogP contribution in [0.15, 0.2) is 18.3 Å². The number of imide groups is 1. The molecule has 1 aromatic heterocycles. The van der Waals surface area contributed by atoms with E-state index in [1.165, 1.54) is 16.7 Å². The van der Waals surface area contributed by atoms with Crippen molar-refractivity contribution in [3.05, 3.63) is 23.9 Å². The fourth-order valence-corrected chi connectivity index (χ4v) is 2.36. The zero-order valence-corrected chi connectivity index (χ0v) is 10.3. The fraction of sp³-hybridized carbons (Fsp3) is 0.364. The highest BCUT2D eigenvalue weighted by Gasteiger charge is 2.26. The predicted molar refractivity (Wildman–Crippen MR) is 66.8 cm³/mol. The molecule has 0 bridgehead atoms. The van der Waals surface area contributed by atoms with Crippen molar-refractivity contribution in [2.75, 3.05) is 18.1 Å². The van der Waals surface area contributed by atoms with Gasteiger partial charge < -0.3 is 5.32 Å². The number of hydrogen-bond acceptors (Lipinski definition) is 5. The van der Waals surface area contributed by atoms with Crippen molar-refractivity contribution in [3.63, 3.8) is 0 Å². The number of aromatic nitrogens is 1. The zero-order valence-electron chi connectivity index (χ0n) is 9.47. The molecule has 0 spiro atoms. The van der Waals surface area contributed by atoms with Gasteiger partial charge in [-0.3, -0.25) is 14.5 Å². The zero-order chi connectivity index (χ0) is 12.3. The molecule has 2 amide bonds. The van der Waals surface area contributed by atoms with Gasteiger partial charge in [-0.2, -0.15) is 0 Å². The molecule has 1 fully saturated rings. The summed E-state index contributed by atoms with van der Waals surface area (Å²) in [6, 6.07) is 3.64. The van der Waals surface area contributed by atoms with Gasteiger partial charge >= 0.3 is 0 Å². The van der Waals surface area contributed by atoms with Crippen LogP contribution in [0.4, 0.5) is 10.6 Å². The molecule has 2 heterocycles. The van der Waals surface area contributed by atoms with Crippen molar-refractivity contribution in [1.29, 1.82) is 0 Å². The van der Waals surface area contributed by atoms with Crippen LogP contribution in [0.2, 0.25) is 0 Å². The molecule has 17 heavy (non-hydrogen) atoms. The van der Waals surface area contributed by atoms with Gasteiger partial charge in [-0.15, -0.1) is 0 Å². The van der Waals surface area contributed by atoms with E-state index in [4.69, 9.17) is 0 Å². The van der Waals surface area contributed by atoms with Gasteiger partial charge in [0.05, 0.1) is 6.54 Å². The molecule has 0 aliphatic carbocycles. The first kappa shape index (κ1) is 11.9. The highest BCUT2D eigenvalue weighted by Crippen LogP contribution is 2.21. The second-order valence-electron chi connectivity index (χ2n) is 3.64. The van der Waals surface area contributed by atoms with E-state index >= 15 is 0 Å². The molecule has 1 aliphatic rings. The Morgan fingerprint density at radius 1 is 1.53 bits per heavy atom. The van der Waals surface area contributed by atoms with Crippen molar-refractivity contribution >= 4 is 28.7 Å². The quantitative estimate of drug-likeness (QED) is 0.886. The Bertz CT molecular complexity index is 434. The highest BCUT2D eigenvalue weighted by atomic mass is 32.2. The number of rotatable bonds is 3. The average molecular weight is 251 g/mol. The first-order valence-corrected chi connectivity index (χ1v) is 6.29. The Balaban J connectivity index is 2.13. The predicted octanol–water partition coefficient (Wildman–Crippen LogP) is 1.71. The highest BCUT2D eigenvalue weighted by molar-refractivity contribution is 8.13. The molecule has 0 atom stereocenters. The van der Waals surface area contributed by atoms with Gasteiger partial charge in [0.15, 0.2) is 0 Å². The maximum Gasteiger partial charge on any atom is 0.288 e. The van der Waals surface area contributed by atoms with Crippen LogP contribution in [0.1, 0.15) is 12.0 Å². The second kappa shape index (κ2) is 5.18. The third kappa shape index (κ3) is 2.76. The molecular weight excluding hydrogens is 238 g/mol. The van der Waals surface area contributed by atoms with Crippen LogP contribution in [0.25, 0.3) is 0 Å². The summed E-state index contributed by atoms with van der Waals surface area (Å²) in [5.74, 6) is 1.22. The smallest absolute Gasteiger partial charge is 0.288 e. The fourth-order valence-electron chi connectivity index (χ4n) is 1.59. The Hall–Kier alpha value is -1.56. The van der Waals surface area contributed by atoms with Gasteiger partial charge in [-0.25, -0.2) is 4.98 Å². The molecule has 0 aromatic carbocycles. The number of carbonyl (C=O) groups excluding carboxylic acids is 2. The van der Waals surface area contributed by atoms with E-state index in [0.29, 0.717) is 18.7 Å². The molecule has 0 saturated carbocycles. The van der Waals surface area contributed by atoms with Crippen LogP contribution in [0, 0.1) is 0 Å². The molecule has 1 aliphatic heterocycles. The lowest BCUT2D eigenvalue weighted by atomic mass is 10.2. The van der Waals surface area contributed by atoms with E-state index < -0.39 is 0 Å². The molecule has 6 heteroatoms. The summed E-state index contributed by atoms with van der Waals surface area (Å²) in [4.78, 5) is 28.6. The number of amides is 2. The molecule has 0 unspecified atom stereocenters. The van der Waals surface area contributed by atoms with Gasteiger partial charge in [0.25, 0.3) is 5.24 Å². The topological polar surface area (TPSA) is 62.3 Å². The van der Waals surface area contributed by atoms with E-state index in [0.717, 1.165) is 11.4 Å². The van der Waals surface area contributed by atoms with Gasteiger partial charge in [0.2, 0.25) is 5.91 Å². The Morgan fingerprint density at radius 2 is 2.35 bits per heavy atom. The normalized spacial score (nSPS) is 16.2. The molecule has 1 aromatic rings. The van der Waals surface area contributed by atoms with Crippen molar-refractivity contribution in [3.8, 4) is 0 Å². The van der Waals surface area contributed by atoms with Crippen molar-refractivity contribution < 1.29 is 9.59 Å². The lowest BCUT2D eigenvalue weighted by Gasteiger charge is -2.24. The van der Waals surface area contributed by atoms with Crippen molar-refractivity contribution in [1.82, 2.24) is 9.88 Å². The number of anilines is 1. The summed E-state index contributed by atoms with van der Waals surface area (Å²) in [5.41, 5.74) is 0.897. The lowest BCUT2D eigenvalue weighted by Crippen LogP contribution is -2.37. The largest absolute Gasteiger partial charge is 0.373 e. The average Bonchev–Trinajstić information content (AvgIpc) is 2.34. The maximum absolute atomic E-state index is 11.6. The van der Waals surface area contributed by atoms with Crippen LogP contribution in [0.3, 0.4) is 0 Å². The number of thioether (sulfide) groups is 1. The Labute approximate surface area is 104 Å². The van der Waals surface area contributed by atoms with E-state index in [1.54, 1.807) is 19.3 Å². The summed E-state index contributed by atoms with van der Waals surface area (Å²) >= 11 is 1.19. The van der Waals surface area contributed by atoms with Crippen LogP contribution >= 0.6 is 11.8 Å². The lowest BCUT2D eigenvalue weighted by molar-refractivity contribution is -0.128. The van der Waals surface area contributed by atoms with Gasteiger partial charge in [0, 0.05) is 25.4 Å². The standard InChI is InChI=1S/C11H13N3O2S/c1-12-9-6-8(2-4-13-9)7-14-10(15)3-5-17-11(14)16/h2,4,6H,3,5,7H2,1H3,(H,12,13). The number of nitrogens with one attached hydrogen (secondary N) is 1. The molecular formula is C11H13N3O2S. The Kier molecular flexibility index (Phi) is 3.63. The monoisotopic (exact) mass is 251 g/mol. The SMILES string of the molecule is CNc1cc(CN2C(=O)CCSC2=O)ccn1. The maximum atomic E-state index is 11.6. The first-order chi connectivity index (χ1) is 8.20. The number of carbonyl (C=O) groups is 2. The molecule has 5 nitrogen and oxygen atoms in total. The van der Waals surface area contributed by atoms with E-state index in [2.05, 4.69) is 10.3 Å². The third-order valence-electron chi connectivity index (χ3n) is 2.48. The summed E-state index contributed by atoms with van der Waals surface area (Å²) in [5, 5.41) is 2.76. The van der Waals surface area contributed by atoms with Crippen LogP contribution in [-0.4, -0.2) is 33.8 Å². The van der Waals surface area contributed by atoms with Crippen molar-refractivity contribution in [2.24, 2.45) is 0 Å². The van der Waals surface area contributed by atoms with Gasteiger partial charge in [-0.05, 0) is 17.7 Å². The summed E-state index contributed by atoms with van der Waals surface area (Å²) in [7, 11) is 1.78. The van der Waals surface area contributed by atoms with Gasteiger partial charge in [0.1, 0.15) is 5.82 Å². The van der Waals surface area contributed by atoms with Crippen LogP contribution in [0.5, 0.6) is 0 Å². The minimum atomic E-state index is -0.163. The first-order valence-electron chi connectivity index (χ1n) is 5.30. The van der Waals surface area contributed by atoms with E-state index in [-0.39, 0.29) is 11.1 Å². The molecule has 2 rings (SSSR count). The van der Waals surface area contributed by atoms with E-state index in [1.807, 2.05) is 6.07 Å². The van der Waals surface area contributed by atoms with Gasteiger partial charge in [-0.1, -0.05) is 11.8 Å². The second-order valence-corrected chi connectivity index (χ2v) is 4.69. The van der Waals surface area contributed by atoms with Crippen LogP contribution in [-0.2, 0) is 11.3 Å². The third-order valence-corrected chi connectivity index (χ3v) is 3.36. The minimum absolute atomic E-state index is 0.100. The summed E-state index contributed by atoms with van der Waals surface area (Å²) < 4.78 is 0.